The Morgan fingerprint density at radius 1 is 1.25 bits per heavy atom. The first-order valence-corrected chi connectivity index (χ1v) is 6.52. The average molecular weight is 276 g/mol. The summed E-state index contributed by atoms with van der Waals surface area (Å²) in [7, 11) is 1.63. The smallest absolute Gasteiger partial charge is 0.264 e. The van der Waals surface area contributed by atoms with Gasteiger partial charge in [-0.05, 0) is 30.7 Å². The molecule has 1 aliphatic heterocycles. The van der Waals surface area contributed by atoms with Gasteiger partial charge in [0, 0.05) is 12.5 Å². The molecule has 0 N–H and O–H groups in total. The highest BCUT2D eigenvalue weighted by Crippen LogP contribution is 2.23. The molecule has 6 heteroatoms. The van der Waals surface area contributed by atoms with Crippen molar-refractivity contribution in [3.63, 3.8) is 0 Å². The van der Waals surface area contributed by atoms with E-state index in [-0.39, 0.29) is 12.5 Å². The average Bonchev–Trinajstić information content (AvgIpc) is 3.16. The number of rotatable bonds is 5. The predicted octanol–water partition coefficient (Wildman–Crippen LogP) is 2.16. The van der Waals surface area contributed by atoms with E-state index in [9.17, 15) is 0 Å². The Labute approximate surface area is 116 Å². The van der Waals surface area contributed by atoms with Crippen LogP contribution in [0.15, 0.2) is 28.8 Å². The summed E-state index contributed by atoms with van der Waals surface area (Å²) in [4.78, 5) is 4.33. The molecule has 2 aromatic rings. The van der Waals surface area contributed by atoms with Gasteiger partial charge >= 0.3 is 0 Å². The summed E-state index contributed by atoms with van der Waals surface area (Å²) >= 11 is 0. The van der Waals surface area contributed by atoms with E-state index >= 15 is 0 Å². The van der Waals surface area contributed by atoms with Crippen LogP contribution in [-0.4, -0.2) is 30.5 Å². The summed E-state index contributed by atoms with van der Waals surface area (Å²) in [6.07, 6.45) is 0.943. The molecule has 3 rings (SSSR count). The van der Waals surface area contributed by atoms with Crippen LogP contribution in [0.5, 0.6) is 11.5 Å². The molecule has 1 fully saturated rings. The highest BCUT2D eigenvalue weighted by atomic mass is 16.5. The van der Waals surface area contributed by atoms with Crippen LogP contribution >= 0.6 is 0 Å². The van der Waals surface area contributed by atoms with Gasteiger partial charge in [-0.3, -0.25) is 0 Å². The lowest BCUT2D eigenvalue weighted by atomic mass is 10.1. The molecule has 20 heavy (non-hydrogen) atoms. The minimum absolute atomic E-state index is 0.244. The first-order chi connectivity index (χ1) is 9.85. The van der Waals surface area contributed by atoms with Gasteiger partial charge in [-0.25, -0.2) is 0 Å². The molecular formula is C14H16N2O4. The number of methoxy groups -OCH3 is 1. The molecule has 0 aliphatic carbocycles. The Morgan fingerprint density at radius 2 is 2.05 bits per heavy atom. The molecule has 106 valence electrons. The van der Waals surface area contributed by atoms with Crippen molar-refractivity contribution in [2.75, 3.05) is 20.3 Å². The Kier molecular flexibility index (Phi) is 3.83. The van der Waals surface area contributed by atoms with Gasteiger partial charge in [0.05, 0.1) is 13.7 Å². The highest BCUT2D eigenvalue weighted by molar-refractivity contribution is 5.31. The fraction of sp³-hybridized carbons (Fsp3) is 0.429. The molecule has 1 saturated heterocycles. The van der Waals surface area contributed by atoms with Crippen molar-refractivity contribution in [3.05, 3.63) is 36.0 Å². The minimum atomic E-state index is 0.244. The Hall–Kier alpha value is -2.08. The third kappa shape index (κ3) is 2.91. The number of hydrogen-bond acceptors (Lipinski definition) is 6. The lowest BCUT2D eigenvalue weighted by Gasteiger charge is -2.04. The summed E-state index contributed by atoms with van der Waals surface area (Å²) in [5.74, 6) is 2.94. The quantitative estimate of drug-likeness (QED) is 0.833. The number of nitrogens with zero attached hydrogens (tertiary/aromatic N) is 2. The van der Waals surface area contributed by atoms with E-state index in [2.05, 4.69) is 10.1 Å². The van der Waals surface area contributed by atoms with Crippen LogP contribution in [-0.2, 0) is 11.3 Å². The SMILES string of the molecule is COc1ccc(OCc2nc([C@@H]3CCOC3)no2)cc1. The monoisotopic (exact) mass is 276 g/mol. The molecule has 2 heterocycles. The van der Waals surface area contributed by atoms with Crippen molar-refractivity contribution in [2.45, 2.75) is 18.9 Å². The van der Waals surface area contributed by atoms with Gasteiger partial charge in [0.2, 0.25) is 0 Å². The van der Waals surface area contributed by atoms with Gasteiger partial charge in [-0.2, -0.15) is 4.98 Å². The van der Waals surface area contributed by atoms with Gasteiger partial charge in [-0.1, -0.05) is 5.16 Å². The maximum atomic E-state index is 5.58. The molecule has 0 bridgehead atoms. The first kappa shape index (κ1) is 12.9. The molecule has 1 atom stereocenters. The molecular weight excluding hydrogens is 260 g/mol. The Morgan fingerprint density at radius 3 is 2.75 bits per heavy atom. The van der Waals surface area contributed by atoms with Crippen LogP contribution < -0.4 is 9.47 Å². The molecule has 1 aromatic carbocycles. The van der Waals surface area contributed by atoms with E-state index in [1.54, 1.807) is 7.11 Å². The predicted molar refractivity (Wildman–Crippen MR) is 69.8 cm³/mol. The summed E-state index contributed by atoms with van der Waals surface area (Å²) in [6.45, 7) is 1.68. The van der Waals surface area contributed by atoms with Crippen LogP contribution in [0.2, 0.25) is 0 Å². The third-order valence-electron chi connectivity index (χ3n) is 3.20. The molecule has 1 aliphatic rings. The zero-order valence-electron chi connectivity index (χ0n) is 11.2. The molecule has 0 radical (unpaired) electrons. The maximum Gasteiger partial charge on any atom is 0.264 e. The van der Waals surface area contributed by atoms with Gasteiger partial charge in [0.15, 0.2) is 12.4 Å². The van der Waals surface area contributed by atoms with Gasteiger partial charge in [0.1, 0.15) is 11.5 Å². The summed E-state index contributed by atoms with van der Waals surface area (Å²) in [5.41, 5.74) is 0. The maximum absolute atomic E-state index is 5.58. The van der Waals surface area contributed by atoms with E-state index in [1.807, 2.05) is 24.3 Å². The zero-order valence-corrected chi connectivity index (χ0v) is 11.2. The molecule has 0 amide bonds. The second kappa shape index (κ2) is 5.92. The molecule has 6 nitrogen and oxygen atoms in total. The van der Waals surface area contributed by atoms with Crippen molar-refractivity contribution >= 4 is 0 Å². The molecule has 0 saturated carbocycles. The highest BCUT2D eigenvalue weighted by Gasteiger charge is 2.23. The van der Waals surface area contributed by atoms with E-state index in [0.29, 0.717) is 18.3 Å². The number of benzene rings is 1. The van der Waals surface area contributed by atoms with Gasteiger partial charge in [0.25, 0.3) is 5.89 Å². The van der Waals surface area contributed by atoms with E-state index in [4.69, 9.17) is 18.7 Å². The van der Waals surface area contributed by atoms with Gasteiger partial charge < -0.3 is 18.7 Å². The molecule has 0 unspecified atom stereocenters. The standard InChI is InChI=1S/C14H16N2O4/c1-17-11-2-4-12(5-3-11)19-9-13-15-14(16-20-13)10-6-7-18-8-10/h2-5,10H,6-9H2,1H3/t10-/m1/s1. The summed E-state index contributed by atoms with van der Waals surface area (Å²) in [5, 5.41) is 3.97. The zero-order chi connectivity index (χ0) is 13.8. The number of aromatic nitrogens is 2. The van der Waals surface area contributed by atoms with E-state index < -0.39 is 0 Å². The second-order valence-corrected chi connectivity index (χ2v) is 4.57. The van der Waals surface area contributed by atoms with Crippen molar-refractivity contribution in [3.8, 4) is 11.5 Å². The van der Waals surface area contributed by atoms with E-state index in [1.165, 1.54) is 0 Å². The van der Waals surface area contributed by atoms with Crippen molar-refractivity contribution < 1.29 is 18.7 Å². The number of hydrogen-bond donors (Lipinski definition) is 0. The van der Waals surface area contributed by atoms with Crippen molar-refractivity contribution in [1.29, 1.82) is 0 Å². The van der Waals surface area contributed by atoms with Crippen molar-refractivity contribution in [1.82, 2.24) is 10.1 Å². The van der Waals surface area contributed by atoms with Crippen LogP contribution in [0.3, 0.4) is 0 Å². The fourth-order valence-electron chi connectivity index (χ4n) is 2.05. The molecule has 0 spiro atoms. The second-order valence-electron chi connectivity index (χ2n) is 4.57. The lowest BCUT2D eigenvalue weighted by Crippen LogP contribution is -2.01. The van der Waals surface area contributed by atoms with Crippen LogP contribution in [0.4, 0.5) is 0 Å². The summed E-state index contributed by atoms with van der Waals surface area (Å²) in [6, 6.07) is 7.34. The van der Waals surface area contributed by atoms with E-state index in [0.717, 1.165) is 24.5 Å². The topological polar surface area (TPSA) is 66.6 Å². The number of ether oxygens (including phenoxy) is 3. The van der Waals surface area contributed by atoms with Crippen LogP contribution in [0.1, 0.15) is 24.1 Å². The minimum Gasteiger partial charge on any atom is -0.497 e. The first-order valence-electron chi connectivity index (χ1n) is 6.52. The van der Waals surface area contributed by atoms with Gasteiger partial charge in [-0.15, -0.1) is 0 Å². The summed E-state index contributed by atoms with van der Waals surface area (Å²) < 4.78 is 21.2. The normalized spacial score (nSPS) is 18.1. The Bertz CT molecular complexity index is 547. The fourth-order valence-corrected chi connectivity index (χ4v) is 2.05. The van der Waals surface area contributed by atoms with Crippen molar-refractivity contribution in [2.24, 2.45) is 0 Å². The molecule has 1 aromatic heterocycles. The lowest BCUT2D eigenvalue weighted by molar-refractivity contribution is 0.192. The largest absolute Gasteiger partial charge is 0.497 e. The Balaban J connectivity index is 1.57. The van der Waals surface area contributed by atoms with Crippen LogP contribution in [0.25, 0.3) is 0 Å². The third-order valence-corrected chi connectivity index (χ3v) is 3.20. The van der Waals surface area contributed by atoms with Crippen LogP contribution in [0, 0.1) is 0 Å².